The maximum Gasteiger partial charge on any atom is 0.103 e. The first-order chi connectivity index (χ1) is 7.66. The molecule has 1 aliphatic heterocycles. The molecule has 0 radical (unpaired) electrons. The lowest BCUT2D eigenvalue weighted by molar-refractivity contribution is -0.892. The van der Waals surface area contributed by atoms with Gasteiger partial charge in [0.1, 0.15) is 5.60 Å². The number of aliphatic hydroxyl groups is 1. The van der Waals surface area contributed by atoms with Gasteiger partial charge in [0.05, 0.1) is 20.1 Å². The zero-order valence-corrected chi connectivity index (χ0v) is 10.2. The van der Waals surface area contributed by atoms with Crippen LogP contribution in [-0.2, 0) is 5.60 Å². The molecule has 0 aromatic heterocycles. The molecule has 16 heavy (non-hydrogen) atoms. The lowest BCUT2D eigenvalue weighted by atomic mass is 9.75. The van der Waals surface area contributed by atoms with E-state index in [2.05, 4.69) is 26.1 Å². The summed E-state index contributed by atoms with van der Waals surface area (Å²) < 4.78 is 0. The maximum absolute atomic E-state index is 10.9. The van der Waals surface area contributed by atoms with Crippen molar-refractivity contribution in [2.45, 2.75) is 25.4 Å². The van der Waals surface area contributed by atoms with E-state index in [9.17, 15) is 5.11 Å². The van der Waals surface area contributed by atoms with Crippen LogP contribution in [0.15, 0.2) is 30.3 Å². The summed E-state index contributed by atoms with van der Waals surface area (Å²) >= 11 is 0. The third kappa shape index (κ3) is 2.00. The molecule has 1 heterocycles. The number of hydrogen-bond acceptors (Lipinski definition) is 1. The molecular formula is C14H22NO+. The van der Waals surface area contributed by atoms with E-state index in [1.54, 1.807) is 0 Å². The second-order valence-corrected chi connectivity index (χ2v) is 5.06. The Morgan fingerprint density at radius 3 is 2.69 bits per heavy atom. The van der Waals surface area contributed by atoms with Crippen molar-refractivity contribution in [3.63, 3.8) is 0 Å². The van der Waals surface area contributed by atoms with Gasteiger partial charge < -0.3 is 10.0 Å². The van der Waals surface area contributed by atoms with Crippen LogP contribution in [0.2, 0.25) is 0 Å². The number of benzene rings is 1. The van der Waals surface area contributed by atoms with Gasteiger partial charge in [-0.2, -0.15) is 0 Å². The van der Waals surface area contributed by atoms with Crippen LogP contribution >= 0.6 is 0 Å². The minimum absolute atomic E-state index is 0.378. The minimum atomic E-state index is -0.602. The molecule has 2 rings (SSSR count). The van der Waals surface area contributed by atoms with E-state index in [-0.39, 0.29) is 0 Å². The lowest BCUT2D eigenvalue weighted by Crippen LogP contribution is -3.11. The summed E-state index contributed by atoms with van der Waals surface area (Å²) in [6, 6.07) is 10.2. The summed E-state index contributed by atoms with van der Waals surface area (Å²) in [5, 5.41) is 10.9. The first-order valence-corrected chi connectivity index (χ1v) is 6.26. The van der Waals surface area contributed by atoms with Gasteiger partial charge in [-0.1, -0.05) is 37.3 Å². The number of hydrogen-bond donors (Lipinski definition) is 2. The fraction of sp³-hybridized carbons (Fsp3) is 0.571. The fourth-order valence-electron chi connectivity index (χ4n) is 2.89. The Balaban J connectivity index is 2.29. The smallest absolute Gasteiger partial charge is 0.103 e. The first kappa shape index (κ1) is 11.6. The van der Waals surface area contributed by atoms with Gasteiger partial charge in [-0.25, -0.2) is 0 Å². The van der Waals surface area contributed by atoms with E-state index < -0.39 is 5.60 Å². The normalized spacial score (nSPS) is 34.9. The first-order valence-electron chi connectivity index (χ1n) is 6.26. The average Bonchev–Trinajstić information content (AvgIpc) is 2.33. The van der Waals surface area contributed by atoms with Crippen molar-refractivity contribution in [3.8, 4) is 0 Å². The molecule has 1 aromatic carbocycles. The highest BCUT2D eigenvalue weighted by atomic mass is 16.3. The summed E-state index contributed by atoms with van der Waals surface area (Å²) in [6.45, 7) is 4.31. The molecule has 1 unspecified atom stereocenters. The van der Waals surface area contributed by atoms with Crippen molar-refractivity contribution in [1.82, 2.24) is 0 Å². The van der Waals surface area contributed by atoms with Crippen molar-refractivity contribution >= 4 is 0 Å². The zero-order valence-electron chi connectivity index (χ0n) is 10.2. The Kier molecular flexibility index (Phi) is 3.31. The third-order valence-electron chi connectivity index (χ3n) is 3.97. The second-order valence-electron chi connectivity index (χ2n) is 5.06. The molecular weight excluding hydrogens is 198 g/mol. The quantitative estimate of drug-likeness (QED) is 0.758. The van der Waals surface area contributed by atoms with Gasteiger partial charge in [-0.05, 0) is 12.0 Å². The molecule has 1 fully saturated rings. The molecule has 88 valence electrons. The van der Waals surface area contributed by atoms with Crippen LogP contribution in [-0.4, -0.2) is 25.2 Å². The number of likely N-dealkylation sites (tertiary alicyclic amines) is 1. The zero-order chi connectivity index (χ0) is 11.6. The molecule has 0 bridgehead atoms. The van der Waals surface area contributed by atoms with Gasteiger partial charge in [0.2, 0.25) is 0 Å². The molecule has 0 aliphatic carbocycles. The largest absolute Gasteiger partial charge is 0.384 e. The van der Waals surface area contributed by atoms with Gasteiger partial charge in [0.25, 0.3) is 0 Å². The predicted molar refractivity (Wildman–Crippen MR) is 65.4 cm³/mol. The highest BCUT2D eigenvalue weighted by Gasteiger charge is 2.42. The summed E-state index contributed by atoms with van der Waals surface area (Å²) in [6.07, 6.45) is 1.92. The highest BCUT2D eigenvalue weighted by molar-refractivity contribution is 5.23. The molecule has 0 amide bonds. The van der Waals surface area contributed by atoms with E-state index in [0.29, 0.717) is 5.92 Å². The molecule has 1 aromatic rings. The standard InChI is InChI=1S/C14H21NO/c1-3-12-11-15(2)10-9-14(12,16)13-7-5-4-6-8-13/h4-8,12,16H,3,9-11H2,1-2H3/p+1/t12-,14+/m1/s1. The summed E-state index contributed by atoms with van der Waals surface area (Å²) in [4.78, 5) is 1.53. The molecule has 2 nitrogen and oxygen atoms in total. The SMILES string of the molecule is CC[C@@H]1C[NH+](C)CC[C@@]1(O)c1ccccc1. The maximum atomic E-state index is 10.9. The van der Waals surface area contributed by atoms with Crippen LogP contribution in [0.4, 0.5) is 0 Å². The Morgan fingerprint density at radius 2 is 2.06 bits per heavy atom. The van der Waals surface area contributed by atoms with Gasteiger partial charge in [0.15, 0.2) is 0 Å². The van der Waals surface area contributed by atoms with Crippen molar-refractivity contribution in [3.05, 3.63) is 35.9 Å². The van der Waals surface area contributed by atoms with E-state index in [1.807, 2.05) is 18.2 Å². The second kappa shape index (κ2) is 4.56. The molecule has 2 N–H and O–H groups in total. The van der Waals surface area contributed by atoms with Crippen molar-refractivity contribution in [2.24, 2.45) is 5.92 Å². The number of nitrogens with one attached hydrogen (secondary N) is 1. The monoisotopic (exact) mass is 220 g/mol. The topological polar surface area (TPSA) is 24.7 Å². The van der Waals surface area contributed by atoms with Gasteiger partial charge in [-0.3, -0.25) is 0 Å². The van der Waals surface area contributed by atoms with Crippen LogP contribution in [0.25, 0.3) is 0 Å². The molecule has 2 heteroatoms. The Labute approximate surface area is 97.9 Å². The molecule has 1 saturated heterocycles. The van der Waals surface area contributed by atoms with Gasteiger partial charge in [0, 0.05) is 12.3 Å². The van der Waals surface area contributed by atoms with Crippen molar-refractivity contribution < 1.29 is 10.0 Å². The number of piperidine rings is 1. The third-order valence-corrected chi connectivity index (χ3v) is 3.97. The Morgan fingerprint density at radius 1 is 1.38 bits per heavy atom. The van der Waals surface area contributed by atoms with E-state index in [1.165, 1.54) is 4.90 Å². The number of rotatable bonds is 2. The molecule has 1 aliphatic rings. The molecule has 3 atom stereocenters. The summed E-state index contributed by atoms with van der Waals surface area (Å²) in [5.74, 6) is 0.378. The Bertz CT molecular complexity index is 338. The van der Waals surface area contributed by atoms with E-state index >= 15 is 0 Å². The fourth-order valence-corrected chi connectivity index (χ4v) is 2.89. The summed E-state index contributed by atoms with van der Waals surface area (Å²) in [7, 11) is 2.22. The van der Waals surface area contributed by atoms with Crippen LogP contribution in [0.3, 0.4) is 0 Å². The Hall–Kier alpha value is -0.860. The molecule has 0 spiro atoms. The van der Waals surface area contributed by atoms with Crippen LogP contribution < -0.4 is 4.90 Å². The van der Waals surface area contributed by atoms with Crippen LogP contribution in [0.1, 0.15) is 25.3 Å². The van der Waals surface area contributed by atoms with Gasteiger partial charge >= 0.3 is 0 Å². The van der Waals surface area contributed by atoms with E-state index in [0.717, 1.165) is 31.5 Å². The van der Waals surface area contributed by atoms with Crippen molar-refractivity contribution in [2.75, 3.05) is 20.1 Å². The van der Waals surface area contributed by atoms with Crippen LogP contribution in [0, 0.1) is 5.92 Å². The van der Waals surface area contributed by atoms with Crippen molar-refractivity contribution in [1.29, 1.82) is 0 Å². The predicted octanol–water partition coefficient (Wildman–Crippen LogP) is 0.819. The highest BCUT2D eigenvalue weighted by Crippen LogP contribution is 2.35. The summed E-state index contributed by atoms with van der Waals surface area (Å²) in [5.41, 5.74) is 0.490. The van der Waals surface area contributed by atoms with Gasteiger partial charge in [-0.15, -0.1) is 0 Å². The lowest BCUT2D eigenvalue weighted by Gasteiger charge is -2.41. The number of quaternary nitrogens is 1. The minimum Gasteiger partial charge on any atom is -0.384 e. The van der Waals surface area contributed by atoms with E-state index in [4.69, 9.17) is 0 Å². The molecule has 0 saturated carbocycles. The average molecular weight is 220 g/mol. The van der Waals surface area contributed by atoms with Crippen LogP contribution in [0.5, 0.6) is 0 Å².